The van der Waals surface area contributed by atoms with Gasteiger partial charge in [-0.05, 0) is 6.92 Å². The second-order valence-corrected chi connectivity index (χ2v) is 5.53. The molecule has 2 rings (SSSR count). The fraction of sp³-hybridized carbons (Fsp3) is 0.286. The van der Waals surface area contributed by atoms with Crippen molar-refractivity contribution >= 4 is 22.9 Å². The lowest BCUT2D eigenvalue weighted by Crippen LogP contribution is -2.26. The molecule has 0 fully saturated rings. The maximum Gasteiger partial charge on any atom is 0.307 e. The van der Waals surface area contributed by atoms with E-state index in [1.54, 1.807) is 23.6 Å². The Bertz CT molecular complexity index is 751. The van der Waals surface area contributed by atoms with Crippen LogP contribution in [0, 0.1) is 17.0 Å². The largest absolute Gasteiger partial charge is 0.352 e. The van der Waals surface area contributed by atoms with Gasteiger partial charge >= 0.3 is 4.87 Å². The van der Waals surface area contributed by atoms with Gasteiger partial charge in [-0.2, -0.15) is 0 Å². The Morgan fingerprint density at radius 2 is 2.14 bits per heavy atom. The Hall–Kier alpha value is -2.48. The molecule has 0 radical (unpaired) electrons. The molecule has 0 saturated heterocycles. The number of rotatable bonds is 6. The number of thiazole rings is 1. The number of carbonyl (C=O) groups excluding carboxylic acids is 1. The zero-order chi connectivity index (χ0) is 16.1. The molecule has 1 N–H and O–H groups in total. The van der Waals surface area contributed by atoms with E-state index in [1.165, 1.54) is 10.6 Å². The van der Waals surface area contributed by atoms with Crippen LogP contribution in [0.2, 0.25) is 0 Å². The summed E-state index contributed by atoms with van der Waals surface area (Å²) >= 11 is 1.10. The van der Waals surface area contributed by atoms with Gasteiger partial charge in [-0.15, -0.1) is 0 Å². The number of benzene rings is 1. The number of carbonyl (C=O) groups is 1. The van der Waals surface area contributed by atoms with Crippen molar-refractivity contribution in [1.29, 1.82) is 0 Å². The predicted molar refractivity (Wildman–Crippen MR) is 82.9 cm³/mol. The van der Waals surface area contributed by atoms with E-state index >= 15 is 0 Å². The zero-order valence-electron chi connectivity index (χ0n) is 11.9. The SMILES string of the molecule is Cc1csc(=O)n1CCC(=O)NCc1ccccc1[N+](=O)[O-]. The van der Waals surface area contributed by atoms with Crippen molar-refractivity contribution in [2.75, 3.05) is 0 Å². The van der Waals surface area contributed by atoms with Crippen LogP contribution in [0.3, 0.4) is 0 Å². The Kier molecular flexibility index (Phi) is 5.05. The molecule has 1 amide bonds. The number of nitrogens with one attached hydrogen (secondary N) is 1. The first kappa shape index (κ1) is 15.9. The third-order valence-corrected chi connectivity index (χ3v) is 4.08. The molecule has 0 atom stereocenters. The monoisotopic (exact) mass is 321 g/mol. The summed E-state index contributed by atoms with van der Waals surface area (Å²) in [7, 11) is 0. The standard InChI is InChI=1S/C14H15N3O4S/c1-10-9-22-14(19)16(10)7-6-13(18)15-8-11-4-2-3-5-12(11)17(20)21/h2-5,9H,6-8H2,1H3,(H,15,18). The second-order valence-electron chi connectivity index (χ2n) is 4.71. The molecule has 116 valence electrons. The van der Waals surface area contributed by atoms with Crippen molar-refractivity contribution in [3.63, 3.8) is 0 Å². The highest BCUT2D eigenvalue weighted by atomic mass is 32.1. The molecule has 0 aliphatic carbocycles. The normalized spacial score (nSPS) is 10.4. The molecule has 0 aliphatic heterocycles. The fourth-order valence-corrected chi connectivity index (χ4v) is 2.77. The van der Waals surface area contributed by atoms with E-state index in [4.69, 9.17) is 0 Å². The van der Waals surface area contributed by atoms with Crippen molar-refractivity contribution in [3.05, 3.63) is 60.7 Å². The molecule has 0 spiro atoms. The average Bonchev–Trinajstić information content (AvgIpc) is 2.82. The lowest BCUT2D eigenvalue weighted by Gasteiger charge is -2.07. The van der Waals surface area contributed by atoms with Gasteiger partial charge in [0.2, 0.25) is 5.91 Å². The first-order valence-electron chi connectivity index (χ1n) is 6.63. The van der Waals surface area contributed by atoms with Crippen LogP contribution in [0.1, 0.15) is 17.7 Å². The molecule has 0 unspecified atom stereocenters. The number of hydrogen-bond acceptors (Lipinski definition) is 5. The fourth-order valence-electron chi connectivity index (χ4n) is 2.01. The number of nitro groups is 1. The van der Waals surface area contributed by atoms with Gasteiger partial charge in [0.15, 0.2) is 0 Å². The summed E-state index contributed by atoms with van der Waals surface area (Å²) < 4.78 is 1.54. The van der Waals surface area contributed by atoms with E-state index in [2.05, 4.69) is 5.32 Å². The van der Waals surface area contributed by atoms with Gasteiger partial charge in [-0.25, -0.2) is 0 Å². The van der Waals surface area contributed by atoms with Crippen LogP contribution in [0.15, 0.2) is 34.4 Å². The quantitative estimate of drug-likeness (QED) is 0.648. The average molecular weight is 321 g/mol. The summed E-state index contributed by atoms with van der Waals surface area (Å²) in [6.07, 6.45) is 0.151. The Balaban J connectivity index is 1.91. The van der Waals surface area contributed by atoms with Gasteiger partial charge in [0.25, 0.3) is 5.69 Å². The molecule has 1 heterocycles. The van der Waals surface area contributed by atoms with Crippen LogP contribution in [0.25, 0.3) is 0 Å². The lowest BCUT2D eigenvalue weighted by molar-refractivity contribution is -0.385. The van der Waals surface area contributed by atoms with E-state index in [1.807, 2.05) is 6.92 Å². The third kappa shape index (κ3) is 3.79. The number of hydrogen-bond donors (Lipinski definition) is 1. The highest BCUT2D eigenvalue weighted by Crippen LogP contribution is 2.17. The van der Waals surface area contributed by atoms with Gasteiger partial charge in [0, 0.05) is 42.2 Å². The lowest BCUT2D eigenvalue weighted by atomic mass is 10.2. The first-order valence-corrected chi connectivity index (χ1v) is 7.51. The predicted octanol–water partition coefficient (Wildman–Crippen LogP) is 1.83. The number of para-hydroxylation sites is 1. The van der Waals surface area contributed by atoms with E-state index in [0.29, 0.717) is 12.1 Å². The van der Waals surface area contributed by atoms with Crippen molar-refractivity contribution in [3.8, 4) is 0 Å². The minimum absolute atomic E-state index is 0.0206. The molecule has 1 aromatic carbocycles. The van der Waals surface area contributed by atoms with Crippen molar-refractivity contribution in [2.24, 2.45) is 0 Å². The molecular weight excluding hydrogens is 306 g/mol. The summed E-state index contributed by atoms with van der Waals surface area (Å²) in [5.41, 5.74) is 1.25. The van der Waals surface area contributed by atoms with Crippen LogP contribution >= 0.6 is 11.3 Å². The van der Waals surface area contributed by atoms with Gasteiger partial charge in [0.1, 0.15) is 0 Å². The van der Waals surface area contributed by atoms with Gasteiger partial charge in [-0.1, -0.05) is 29.5 Å². The Morgan fingerprint density at radius 1 is 1.41 bits per heavy atom. The van der Waals surface area contributed by atoms with Gasteiger partial charge in [-0.3, -0.25) is 19.7 Å². The van der Waals surface area contributed by atoms with Gasteiger partial charge in [0.05, 0.1) is 4.92 Å². The van der Waals surface area contributed by atoms with E-state index in [9.17, 15) is 19.7 Å². The molecule has 2 aromatic rings. The van der Waals surface area contributed by atoms with Crippen LogP contribution in [0.4, 0.5) is 5.69 Å². The summed E-state index contributed by atoms with van der Waals surface area (Å²) in [6.45, 7) is 2.20. The summed E-state index contributed by atoms with van der Waals surface area (Å²) in [5, 5.41) is 15.3. The van der Waals surface area contributed by atoms with Crippen LogP contribution < -0.4 is 10.2 Å². The van der Waals surface area contributed by atoms with E-state index < -0.39 is 4.92 Å². The highest BCUT2D eigenvalue weighted by molar-refractivity contribution is 7.07. The number of nitro benzene ring substituents is 1. The molecule has 0 bridgehead atoms. The van der Waals surface area contributed by atoms with Crippen LogP contribution in [0.5, 0.6) is 0 Å². The van der Waals surface area contributed by atoms with E-state index in [-0.39, 0.29) is 29.4 Å². The zero-order valence-corrected chi connectivity index (χ0v) is 12.8. The number of aromatic nitrogens is 1. The second kappa shape index (κ2) is 6.99. The maximum absolute atomic E-state index is 11.8. The van der Waals surface area contributed by atoms with Gasteiger partial charge < -0.3 is 9.88 Å². The Labute approximate surface area is 130 Å². The minimum Gasteiger partial charge on any atom is -0.352 e. The summed E-state index contributed by atoms with van der Waals surface area (Å²) in [5.74, 6) is -0.254. The summed E-state index contributed by atoms with van der Waals surface area (Å²) in [4.78, 5) is 33.7. The molecule has 8 heteroatoms. The Morgan fingerprint density at radius 3 is 2.77 bits per heavy atom. The molecule has 0 saturated carbocycles. The first-order chi connectivity index (χ1) is 10.5. The number of aryl methyl sites for hydroxylation is 1. The smallest absolute Gasteiger partial charge is 0.307 e. The molecule has 7 nitrogen and oxygen atoms in total. The molecular formula is C14H15N3O4S. The molecule has 0 aliphatic rings. The topological polar surface area (TPSA) is 94.2 Å². The number of nitrogens with zero attached hydrogens (tertiary/aromatic N) is 2. The van der Waals surface area contributed by atoms with E-state index in [0.717, 1.165) is 17.0 Å². The highest BCUT2D eigenvalue weighted by Gasteiger charge is 2.13. The van der Waals surface area contributed by atoms with Crippen LogP contribution in [-0.4, -0.2) is 15.4 Å². The van der Waals surface area contributed by atoms with Crippen molar-refractivity contribution in [1.82, 2.24) is 9.88 Å². The molecule has 1 aromatic heterocycles. The number of amides is 1. The van der Waals surface area contributed by atoms with Crippen molar-refractivity contribution in [2.45, 2.75) is 26.4 Å². The summed E-state index contributed by atoms with van der Waals surface area (Å²) in [6, 6.07) is 6.26. The minimum atomic E-state index is -0.476. The van der Waals surface area contributed by atoms with Crippen molar-refractivity contribution < 1.29 is 9.72 Å². The van der Waals surface area contributed by atoms with Crippen LogP contribution in [-0.2, 0) is 17.9 Å². The third-order valence-electron chi connectivity index (χ3n) is 3.20. The molecule has 22 heavy (non-hydrogen) atoms. The maximum atomic E-state index is 11.8.